The van der Waals surface area contributed by atoms with E-state index < -0.39 is 9.84 Å². The molecule has 0 aliphatic heterocycles. The summed E-state index contributed by atoms with van der Waals surface area (Å²) in [4.78, 5) is 15.0. The number of carbonyl (C=O) groups excluding carboxylic acids is 1. The number of carbonyl (C=O) groups is 1. The lowest BCUT2D eigenvalue weighted by molar-refractivity contribution is -0.129. The van der Waals surface area contributed by atoms with Crippen LogP contribution in [0.25, 0.3) is 0 Å². The van der Waals surface area contributed by atoms with Crippen LogP contribution in [0.1, 0.15) is 20.8 Å². The van der Waals surface area contributed by atoms with Crippen molar-refractivity contribution in [3.8, 4) is 0 Å². The monoisotopic (exact) mass is 329 g/mol. The van der Waals surface area contributed by atoms with Crippen molar-refractivity contribution in [1.82, 2.24) is 4.90 Å². The minimum atomic E-state index is -3.08. The van der Waals surface area contributed by atoms with E-state index in [-0.39, 0.29) is 23.5 Å². The Morgan fingerprint density at radius 3 is 2.38 bits per heavy atom. The number of hydrogen-bond acceptors (Lipinski definition) is 4. The average Bonchev–Trinajstić information content (AvgIpc) is 2.46. The Bertz CT molecular complexity index is 543. The van der Waals surface area contributed by atoms with Gasteiger partial charge in [-0.1, -0.05) is 25.1 Å². The molecule has 1 atom stereocenters. The van der Waals surface area contributed by atoms with E-state index in [1.807, 2.05) is 37.3 Å². The van der Waals surface area contributed by atoms with E-state index >= 15 is 0 Å². The zero-order valence-electron chi connectivity index (χ0n) is 12.8. The van der Waals surface area contributed by atoms with E-state index in [0.717, 1.165) is 4.90 Å². The molecule has 1 aromatic carbocycles. The lowest BCUT2D eigenvalue weighted by Gasteiger charge is -2.27. The Labute approximate surface area is 131 Å². The molecule has 0 aromatic heterocycles. The van der Waals surface area contributed by atoms with Gasteiger partial charge in [0, 0.05) is 23.2 Å². The highest BCUT2D eigenvalue weighted by molar-refractivity contribution is 8.00. The van der Waals surface area contributed by atoms with E-state index in [4.69, 9.17) is 0 Å². The highest BCUT2D eigenvalue weighted by Crippen LogP contribution is 2.18. The molecule has 0 heterocycles. The number of hydrogen-bond donors (Lipinski definition) is 0. The van der Waals surface area contributed by atoms with E-state index in [1.165, 1.54) is 11.8 Å². The molecule has 0 N–H and O–H groups in total. The second kappa shape index (κ2) is 8.44. The average molecular weight is 329 g/mol. The van der Waals surface area contributed by atoms with Gasteiger partial charge in [0.2, 0.25) is 5.91 Å². The van der Waals surface area contributed by atoms with Gasteiger partial charge in [0.05, 0.1) is 11.5 Å². The fourth-order valence-corrected chi connectivity index (χ4v) is 4.01. The molecule has 1 unspecified atom stereocenters. The molecule has 21 heavy (non-hydrogen) atoms. The molecule has 1 amide bonds. The SMILES string of the molecule is CCN(C(=O)CSc1ccccc1)C(C)CS(=O)(=O)CC. The number of benzene rings is 1. The molecule has 1 aromatic rings. The summed E-state index contributed by atoms with van der Waals surface area (Å²) < 4.78 is 23.4. The molecule has 4 nitrogen and oxygen atoms in total. The van der Waals surface area contributed by atoms with Gasteiger partial charge < -0.3 is 4.90 Å². The maximum absolute atomic E-state index is 12.3. The summed E-state index contributed by atoms with van der Waals surface area (Å²) in [5.41, 5.74) is 0. The smallest absolute Gasteiger partial charge is 0.233 e. The summed E-state index contributed by atoms with van der Waals surface area (Å²) in [6.07, 6.45) is 0. The van der Waals surface area contributed by atoms with Crippen LogP contribution in [0.5, 0.6) is 0 Å². The van der Waals surface area contributed by atoms with Gasteiger partial charge in [-0.25, -0.2) is 8.42 Å². The molecule has 0 aliphatic carbocycles. The second-order valence-electron chi connectivity index (χ2n) is 4.83. The Balaban J connectivity index is 2.60. The van der Waals surface area contributed by atoms with Crippen molar-refractivity contribution >= 4 is 27.5 Å². The molecule has 0 aliphatic rings. The maximum Gasteiger partial charge on any atom is 0.233 e. The van der Waals surface area contributed by atoms with E-state index in [9.17, 15) is 13.2 Å². The normalized spacial score (nSPS) is 12.9. The summed E-state index contributed by atoms with van der Waals surface area (Å²) in [7, 11) is -3.08. The molecule has 0 saturated heterocycles. The van der Waals surface area contributed by atoms with Crippen molar-refractivity contribution in [2.45, 2.75) is 31.7 Å². The standard InChI is InChI=1S/C15H23NO3S2/c1-4-16(13(3)12-21(18,19)5-2)15(17)11-20-14-9-7-6-8-10-14/h6-10,13H,4-5,11-12H2,1-3H3. The minimum Gasteiger partial charge on any atom is -0.339 e. The Morgan fingerprint density at radius 2 is 1.86 bits per heavy atom. The van der Waals surface area contributed by atoms with Crippen molar-refractivity contribution in [3.05, 3.63) is 30.3 Å². The third-order valence-corrected chi connectivity index (χ3v) is 6.10. The van der Waals surface area contributed by atoms with Crippen molar-refractivity contribution in [3.63, 3.8) is 0 Å². The Kier molecular flexibility index (Phi) is 7.25. The van der Waals surface area contributed by atoms with E-state index in [2.05, 4.69) is 0 Å². The summed E-state index contributed by atoms with van der Waals surface area (Å²) in [6.45, 7) is 5.82. The fraction of sp³-hybridized carbons (Fsp3) is 0.533. The van der Waals surface area contributed by atoms with Gasteiger partial charge in [-0.05, 0) is 26.0 Å². The van der Waals surface area contributed by atoms with Gasteiger partial charge in [0.25, 0.3) is 0 Å². The van der Waals surface area contributed by atoms with Gasteiger partial charge in [-0.3, -0.25) is 4.79 Å². The van der Waals surface area contributed by atoms with Crippen LogP contribution in [0.15, 0.2) is 35.2 Å². The highest BCUT2D eigenvalue weighted by atomic mass is 32.2. The molecule has 1 rings (SSSR count). The predicted octanol–water partition coefficient (Wildman–Crippen LogP) is 2.45. The first kappa shape index (κ1) is 18.0. The van der Waals surface area contributed by atoms with Crippen LogP contribution in [0, 0.1) is 0 Å². The topological polar surface area (TPSA) is 54.5 Å². The first-order valence-corrected chi connectivity index (χ1v) is 9.88. The van der Waals surface area contributed by atoms with Gasteiger partial charge >= 0.3 is 0 Å². The lowest BCUT2D eigenvalue weighted by atomic mass is 10.3. The van der Waals surface area contributed by atoms with Crippen LogP contribution in [-0.2, 0) is 14.6 Å². The molecular formula is C15H23NO3S2. The zero-order chi connectivity index (χ0) is 15.9. The number of amides is 1. The largest absolute Gasteiger partial charge is 0.339 e. The molecular weight excluding hydrogens is 306 g/mol. The summed E-state index contributed by atoms with van der Waals surface area (Å²) >= 11 is 1.47. The number of sulfone groups is 1. The Hall–Kier alpha value is -1.01. The third-order valence-electron chi connectivity index (χ3n) is 3.23. The number of nitrogens with zero attached hydrogens (tertiary/aromatic N) is 1. The van der Waals surface area contributed by atoms with Crippen molar-refractivity contribution < 1.29 is 13.2 Å². The maximum atomic E-state index is 12.3. The van der Waals surface area contributed by atoms with Gasteiger partial charge in [-0.2, -0.15) is 0 Å². The van der Waals surface area contributed by atoms with Crippen LogP contribution < -0.4 is 0 Å². The molecule has 0 fully saturated rings. The molecule has 118 valence electrons. The molecule has 0 saturated carbocycles. The lowest BCUT2D eigenvalue weighted by Crippen LogP contribution is -2.43. The van der Waals surface area contributed by atoms with Crippen molar-refractivity contribution in [2.24, 2.45) is 0 Å². The molecule has 6 heteroatoms. The second-order valence-corrected chi connectivity index (χ2v) is 8.28. The molecule has 0 spiro atoms. The van der Waals surface area contributed by atoms with Crippen LogP contribution in [0.3, 0.4) is 0 Å². The van der Waals surface area contributed by atoms with Crippen LogP contribution >= 0.6 is 11.8 Å². The van der Waals surface area contributed by atoms with Crippen molar-refractivity contribution in [2.75, 3.05) is 23.8 Å². The summed E-state index contributed by atoms with van der Waals surface area (Å²) in [5, 5.41) is 0. The summed E-state index contributed by atoms with van der Waals surface area (Å²) in [5.74, 6) is 0.445. The van der Waals surface area contributed by atoms with Crippen molar-refractivity contribution in [1.29, 1.82) is 0 Å². The van der Waals surface area contributed by atoms with E-state index in [0.29, 0.717) is 12.3 Å². The number of rotatable bonds is 8. The Morgan fingerprint density at radius 1 is 1.24 bits per heavy atom. The van der Waals surface area contributed by atoms with Crippen LogP contribution in [0.4, 0.5) is 0 Å². The van der Waals surface area contributed by atoms with Gasteiger partial charge in [0.15, 0.2) is 9.84 Å². The molecule has 0 radical (unpaired) electrons. The van der Waals surface area contributed by atoms with E-state index in [1.54, 1.807) is 18.7 Å². The van der Waals surface area contributed by atoms with Gasteiger partial charge in [0.1, 0.15) is 0 Å². The van der Waals surface area contributed by atoms with Crippen LogP contribution in [0.2, 0.25) is 0 Å². The highest BCUT2D eigenvalue weighted by Gasteiger charge is 2.23. The fourth-order valence-electron chi connectivity index (χ4n) is 2.05. The van der Waals surface area contributed by atoms with Gasteiger partial charge in [-0.15, -0.1) is 11.8 Å². The quantitative estimate of drug-likeness (QED) is 0.688. The summed E-state index contributed by atoms with van der Waals surface area (Å²) in [6, 6.07) is 9.42. The first-order chi connectivity index (χ1) is 9.89. The first-order valence-electron chi connectivity index (χ1n) is 7.07. The third kappa shape index (κ3) is 6.09. The number of thioether (sulfide) groups is 1. The van der Waals surface area contributed by atoms with Crippen LogP contribution in [-0.4, -0.2) is 49.1 Å². The zero-order valence-corrected chi connectivity index (χ0v) is 14.4. The molecule has 0 bridgehead atoms. The predicted molar refractivity (Wildman–Crippen MR) is 88.3 cm³/mol. The minimum absolute atomic E-state index is 0.0230.